The summed E-state index contributed by atoms with van der Waals surface area (Å²) in [6.45, 7) is 3.53. The minimum absolute atomic E-state index is 0.0338. The Bertz CT molecular complexity index is 711. The van der Waals surface area contributed by atoms with Crippen molar-refractivity contribution in [3.63, 3.8) is 0 Å². The van der Waals surface area contributed by atoms with Crippen molar-refractivity contribution in [1.29, 1.82) is 5.26 Å². The van der Waals surface area contributed by atoms with Gasteiger partial charge in [0.1, 0.15) is 18.0 Å². The number of benzene rings is 1. The number of nitrogens with zero attached hydrogens (tertiary/aromatic N) is 3. The van der Waals surface area contributed by atoms with E-state index in [-0.39, 0.29) is 18.2 Å². The molecule has 1 aromatic heterocycles. The first kappa shape index (κ1) is 17.3. The Morgan fingerprint density at radius 1 is 1.28 bits per heavy atom. The lowest BCUT2D eigenvalue weighted by molar-refractivity contribution is -0.0739. The molecule has 25 heavy (non-hydrogen) atoms. The van der Waals surface area contributed by atoms with Gasteiger partial charge in [-0.3, -0.25) is 0 Å². The quantitative estimate of drug-likeness (QED) is 0.872. The second-order valence-electron chi connectivity index (χ2n) is 6.15. The van der Waals surface area contributed by atoms with Gasteiger partial charge in [0.25, 0.3) is 0 Å². The van der Waals surface area contributed by atoms with Crippen LogP contribution in [0.5, 0.6) is 0 Å². The summed E-state index contributed by atoms with van der Waals surface area (Å²) < 4.78 is 11.8. The van der Waals surface area contributed by atoms with Gasteiger partial charge in [-0.15, -0.1) is 5.10 Å². The molecule has 0 spiro atoms. The van der Waals surface area contributed by atoms with E-state index in [9.17, 15) is 0 Å². The van der Waals surface area contributed by atoms with Crippen LogP contribution in [-0.2, 0) is 9.47 Å². The molecule has 1 N–H and O–H groups in total. The highest BCUT2D eigenvalue weighted by Crippen LogP contribution is 2.27. The van der Waals surface area contributed by atoms with Gasteiger partial charge in [-0.05, 0) is 25.3 Å². The maximum absolute atomic E-state index is 9.02. The van der Waals surface area contributed by atoms with Gasteiger partial charge in [0.05, 0.1) is 23.9 Å². The van der Waals surface area contributed by atoms with Crippen molar-refractivity contribution >= 4 is 5.82 Å². The Morgan fingerprint density at radius 3 is 2.76 bits per heavy atom. The average Bonchev–Trinajstić information content (AvgIpc) is 2.67. The topological polar surface area (TPSA) is 80.1 Å². The fourth-order valence-corrected chi connectivity index (χ4v) is 2.95. The lowest BCUT2D eigenvalue weighted by Crippen LogP contribution is -2.33. The standard InChI is InChI=1S/C19H22N4O2/c1-14(22-18-11-15(12-20)13-21-23-18)19(16-5-3-2-4-6-16)25-17-7-9-24-10-8-17/h2-6,11,13-14,17,19H,7-10H2,1H3,(H,22,23). The van der Waals surface area contributed by atoms with Gasteiger partial charge in [-0.2, -0.15) is 10.4 Å². The number of hydrogen-bond donors (Lipinski definition) is 1. The summed E-state index contributed by atoms with van der Waals surface area (Å²) in [6.07, 6.45) is 3.30. The minimum atomic E-state index is -0.128. The SMILES string of the molecule is CC(Nc1cc(C#N)cnn1)C(OC1CCOCC1)c1ccccc1. The molecule has 2 heterocycles. The van der Waals surface area contributed by atoms with Crippen LogP contribution in [0.3, 0.4) is 0 Å². The number of ether oxygens (including phenoxy) is 2. The zero-order chi connectivity index (χ0) is 17.5. The van der Waals surface area contributed by atoms with Gasteiger partial charge < -0.3 is 14.8 Å². The molecule has 0 aliphatic carbocycles. The first-order valence-corrected chi connectivity index (χ1v) is 8.54. The highest BCUT2D eigenvalue weighted by atomic mass is 16.5. The van der Waals surface area contributed by atoms with Crippen molar-refractivity contribution in [3.8, 4) is 6.07 Å². The number of nitriles is 1. The van der Waals surface area contributed by atoms with Crippen LogP contribution in [0.1, 0.15) is 37.0 Å². The number of aromatic nitrogens is 2. The van der Waals surface area contributed by atoms with Crippen LogP contribution in [0.2, 0.25) is 0 Å². The molecule has 6 nitrogen and oxygen atoms in total. The highest BCUT2D eigenvalue weighted by Gasteiger charge is 2.25. The molecule has 0 saturated carbocycles. The molecular weight excluding hydrogens is 316 g/mol. The fourth-order valence-electron chi connectivity index (χ4n) is 2.95. The smallest absolute Gasteiger partial charge is 0.150 e. The van der Waals surface area contributed by atoms with E-state index in [0.29, 0.717) is 11.4 Å². The molecule has 0 amide bonds. The Labute approximate surface area is 147 Å². The van der Waals surface area contributed by atoms with Gasteiger partial charge in [-0.25, -0.2) is 0 Å². The minimum Gasteiger partial charge on any atom is -0.381 e. The molecule has 0 radical (unpaired) electrons. The van der Waals surface area contributed by atoms with Crippen LogP contribution < -0.4 is 5.32 Å². The van der Waals surface area contributed by atoms with E-state index in [1.165, 1.54) is 6.20 Å². The molecule has 1 fully saturated rings. The summed E-state index contributed by atoms with van der Waals surface area (Å²) in [5.41, 5.74) is 1.59. The van der Waals surface area contributed by atoms with E-state index < -0.39 is 0 Å². The summed E-state index contributed by atoms with van der Waals surface area (Å²) in [5, 5.41) is 20.3. The summed E-state index contributed by atoms with van der Waals surface area (Å²) in [5.74, 6) is 0.572. The second-order valence-corrected chi connectivity index (χ2v) is 6.15. The van der Waals surface area contributed by atoms with Gasteiger partial charge in [0.2, 0.25) is 0 Å². The van der Waals surface area contributed by atoms with Crippen LogP contribution in [0.4, 0.5) is 5.82 Å². The number of nitrogens with one attached hydrogen (secondary N) is 1. The number of anilines is 1. The Hall–Kier alpha value is -2.49. The highest BCUT2D eigenvalue weighted by molar-refractivity contribution is 5.41. The van der Waals surface area contributed by atoms with E-state index in [1.54, 1.807) is 6.07 Å². The van der Waals surface area contributed by atoms with E-state index >= 15 is 0 Å². The molecular formula is C19H22N4O2. The summed E-state index contributed by atoms with van der Waals surface area (Å²) in [7, 11) is 0. The van der Waals surface area contributed by atoms with Gasteiger partial charge in [0.15, 0.2) is 0 Å². The van der Waals surface area contributed by atoms with Crippen LogP contribution >= 0.6 is 0 Å². The van der Waals surface area contributed by atoms with Crippen molar-refractivity contribution < 1.29 is 9.47 Å². The average molecular weight is 338 g/mol. The van der Waals surface area contributed by atoms with E-state index in [1.807, 2.05) is 18.2 Å². The zero-order valence-electron chi connectivity index (χ0n) is 14.3. The van der Waals surface area contributed by atoms with Gasteiger partial charge in [0, 0.05) is 19.3 Å². The van der Waals surface area contributed by atoms with Crippen molar-refractivity contribution in [2.24, 2.45) is 0 Å². The molecule has 6 heteroatoms. The number of hydrogen-bond acceptors (Lipinski definition) is 6. The maximum Gasteiger partial charge on any atom is 0.150 e. The predicted octanol–water partition coefficient (Wildman–Crippen LogP) is 3.09. The molecule has 130 valence electrons. The van der Waals surface area contributed by atoms with E-state index in [2.05, 4.69) is 40.6 Å². The van der Waals surface area contributed by atoms with Crippen LogP contribution in [0.25, 0.3) is 0 Å². The Balaban J connectivity index is 1.76. The molecule has 0 bridgehead atoms. The van der Waals surface area contributed by atoms with E-state index in [4.69, 9.17) is 14.7 Å². The summed E-state index contributed by atoms with van der Waals surface area (Å²) >= 11 is 0. The third-order valence-corrected chi connectivity index (χ3v) is 4.25. The zero-order valence-corrected chi connectivity index (χ0v) is 14.3. The van der Waals surface area contributed by atoms with Crippen molar-refractivity contribution in [2.45, 2.75) is 38.0 Å². The summed E-state index contributed by atoms with van der Waals surface area (Å²) in [4.78, 5) is 0. The molecule has 1 saturated heterocycles. The van der Waals surface area contributed by atoms with Crippen LogP contribution in [0.15, 0.2) is 42.6 Å². The Kier molecular flexibility index (Phi) is 5.94. The molecule has 2 unspecified atom stereocenters. The van der Waals surface area contributed by atoms with Crippen molar-refractivity contribution in [3.05, 3.63) is 53.7 Å². The fraction of sp³-hybridized carbons (Fsp3) is 0.421. The first-order chi connectivity index (χ1) is 12.3. The third-order valence-electron chi connectivity index (χ3n) is 4.25. The van der Waals surface area contributed by atoms with Crippen molar-refractivity contribution in [2.75, 3.05) is 18.5 Å². The third kappa shape index (κ3) is 4.75. The van der Waals surface area contributed by atoms with Gasteiger partial charge in [-0.1, -0.05) is 30.3 Å². The van der Waals surface area contributed by atoms with Crippen LogP contribution in [-0.4, -0.2) is 35.6 Å². The number of rotatable bonds is 6. The molecule has 2 aromatic rings. The molecule has 1 aliphatic rings. The predicted molar refractivity (Wildman–Crippen MR) is 93.9 cm³/mol. The lowest BCUT2D eigenvalue weighted by Gasteiger charge is -2.32. The van der Waals surface area contributed by atoms with Crippen LogP contribution in [0, 0.1) is 11.3 Å². The maximum atomic E-state index is 9.02. The normalized spacial score (nSPS) is 17.4. The molecule has 1 aliphatic heterocycles. The van der Waals surface area contributed by atoms with E-state index in [0.717, 1.165) is 31.6 Å². The lowest BCUT2D eigenvalue weighted by atomic mass is 10.0. The first-order valence-electron chi connectivity index (χ1n) is 8.54. The Morgan fingerprint density at radius 2 is 2.04 bits per heavy atom. The monoisotopic (exact) mass is 338 g/mol. The molecule has 3 rings (SSSR count). The second kappa shape index (κ2) is 8.56. The molecule has 2 atom stereocenters. The van der Waals surface area contributed by atoms with Crippen molar-refractivity contribution in [1.82, 2.24) is 10.2 Å². The summed E-state index contributed by atoms with van der Waals surface area (Å²) in [6, 6.07) is 13.9. The van der Waals surface area contributed by atoms with Gasteiger partial charge >= 0.3 is 0 Å². The molecule has 1 aromatic carbocycles. The largest absolute Gasteiger partial charge is 0.381 e.